The van der Waals surface area contributed by atoms with E-state index in [4.69, 9.17) is 9.47 Å². The van der Waals surface area contributed by atoms with Crippen LogP contribution in [-0.4, -0.2) is 84.5 Å². The van der Waals surface area contributed by atoms with Gasteiger partial charge in [-0.3, -0.25) is 19.2 Å². The number of hydrogen-bond acceptors (Lipinski definition) is 7. The molecule has 3 fully saturated rings. The number of likely N-dealkylation sites (tertiary alicyclic amines) is 1. The molecule has 0 radical (unpaired) electrons. The lowest BCUT2D eigenvalue weighted by Gasteiger charge is -2.37. The maximum atomic E-state index is 14.1. The minimum atomic E-state index is -1.07. The van der Waals surface area contributed by atoms with Gasteiger partial charge < -0.3 is 29.9 Å². The molecule has 1 aliphatic carbocycles. The molecule has 42 heavy (non-hydrogen) atoms. The van der Waals surface area contributed by atoms with Crippen LogP contribution < -0.4 is 15.4 Å². The molecule has 0 spiro atoms. The number of ether oxygens (including phenoxy) is 2. The van der Waals surface area contributed by atoms with Crippen molar-refractivity contribution in [2.75, 3.05) is 32.1 Å². The molecule has 12 heteroatoms. The lowest BCUT2D eigenvalue weighted by molar-refractivity contribution is -0.148. The Kier molecular flexibility index (Phi) is 7.91. The molecule has 226 valence electrons. The van der Waals surface area contributed by atoms with E-state index in [2.05, 4.69) is 30.6 Å². The first-order chi connectivity index (χ1) is 19.8. The number of carbonyl (C=O) groups excluding carboxylic acids is 4. The van der Waals surface area contributed by atoms with E-state index in [0.717, 1.165) is 6.07 Å². The summed E-state index contributed by atoms with van der Waals surface area (Å²) >= 11 is 0. The van der Waals surface area contributed by atoms with E-state index in [1.54, 1.807) is 4.90 Å². The summed E-state index contributed by atoms with van der Waals surface area (Å²) < 4.78 is 24.7. The predicted molar refractivity (Wildman–Crippen MR) is 148 cm³/mol. The minimum absolute atomic E-state index is 0.0986. The van der Waals surface area contributed by atoms with Crippen molar-refractivity contribution < 1.29 is 33.0 Å². The van der Waals surface area contributed by atoms with Gasteiger partial charge in [0.25, 0.3) is 5.91 Å². The molecule has 7 atom stereocenters. The Morgan fingerprint density at radius 1 is 1.31 bits per heavy atom. The van der Waals surface area contributed by atoms with Crippen molar-refractivity contribution in [1.29, 1.82) is 5.26 Å². The lowest BCUT2D eigenvalue weighted by Crippen LogP contribution is -2.58. The molecule has 4 amide bonds. The van der Waals surface area contributed by atoms with Crippen LogP contribution in [-0.2, 0) is 23.9 Å². The van der Waals surface area contributed by atoms with Gasteiger partial charge >= 0.3 is 0 Å². The molecule has 1 saturated carbocycles. The Balaban J connectivity index is 1.32. The zero-order valence-corrected chi connectivity index (χ0v) is 24.6. The molecule has 11 nitrogen and oxygen atoms in total. The maximum absolute atomic E-state index is 14.1. The maximum Gasteiger partial charge on any atom is 0.265 e. The van der Waals surface area contributed by atoms with Gasteiger partial charge in [0.05, 0.1) is 24.3 Å². The van der Waals surface area contributed by atoms with E-state index in [0.29, 0.717) is 26.2 Å². The van der Waals surface area contributed by atoms with E-state index in [1.165, 1.54) is 24.1 Å². The summed E-state index contributed by atoms with van der Waals surface area (Å²) in [6.07, 6.45) is -0.595. The van der Waals surface area contributed by atoms with Crippen LogP contribution in [0.1, 0.15) is 40.5 Å². The third-order valence-corrected chi connectivity index (χ3v) is 9.44. The number of likely N-dealkylation sites (N-methyl/N-ethyl adjacent to an activating group) is 1. The molecule has 2 saturated heterocycles. The summed E-state index contributed by atoms with van der Waals surface area (Å²) in [5.41, 5.74) is 0.0342. The monoisotopic (exact) mass is 583 g/mol. The van der Waals surface area contributed by atoms with Crippen molar-refractivity contribution in [3.63, 3.8) is 0 Å². The summed E-state index contributed by atoms with van der Waals surface area (Å²) in [6.45, 7) is 9.04. The van der Waals surface area contributed by atoms with Crippen molar-refractivity contribution in [2.24, 2.45) is 29.1 Å². The second kappa shape index (κ2) is 11.2. The molecule has 3 heterocycles. The normalized spacial score (nSPS) is 28.5. The van der Waals surface area contributed by atoms with Gasteiger partial charge in [-0.25, -0.2) is 4.39 Å². The second-order valence-corrected chi connectivity index (χ2v) is 12.7. The molecule has 2 N–H and O–H groups in total. The van der Waals surface area contributed by atoms with E-state index in [1.807, 2.05) is 13.8 Å². The first kappa shape index (κ1) is 29.8. The number of anilines is 1. The van der Waals surface area contributed by atoms with E-state index >= 15 is 0 Å². The highest BCUT2D eigenvalue weighted by atomic mass is 19.1. The number of fused-ring (bicyclic) bond motifs is 2. The number of benzene rings is 1. The number of rotatable bonds is 8. The zero-order valence-electron chi connectivity index (χ0n) is 24.6. The number of nitriles is 1. The molecule has 1 aromatic carbocycles. The molecule has 1 aromatic rings. The van der Waals surface area contributed by atoms with E-state index in [-0.39, 0.29) is 58.8 Å². The Hall–Kier alpha value is -3.72. The van der Waals surface area contributed by atoms with Gasteiger partial charge in [-0.05, 0) is 41.7 Å². The predicted octanol–water partition coefficient (Wildman–Crippen LogP) is 1.93. The van der Waals surface area contributed by atoms with Gasteiger partial charge in [0.2, 0.25) is 17.7 Å². The Morgan fingerprint density at radius 3 is 2.69 bits per heavy atom. The van der Waals surface area contributed by atoms with Crippen molar-refractivity contribution in [1.82, 2.24) is 15.1 Å². The number of nitrogens with one attached hydrogen (secondary N) is 2. The molecule has 0 bridgehead atoms. The van der Waals surface area contributed by atoms with Crippen LogP contribution in [0.15, 0.2) is 18.2 Å². The van der Waals surface area contributed by atoms with Gasteiger partial charge in [-0.2, -0.15) is 5.26 Å². The van der Waals surface area contributed by atoms with Gasteiger partial charge in [0.15, 0.2) is 6.10 Å². The van der Waals surface area contributed by atoms with Crippen LogP contribution in [0.3, 0.4) is 0 Å². The highest BCUT2D eigenvalue weighted by molar-refractivity contribution is 5.98. The molecular weight excluding hydrogens is 545 g/mol. The van der Waals surface area contributed by atoms with Crippen LogP contribution >= 0.6 is 0 Å². The topological polar surface area (TPSA) is 141 Å². The van der Waals surface area contributed by atoms with Crippen molar-refractivity contribution in [3.8, 4) is 11.8 Å². The highest BCUT2D eigenvalue weighted by Crippen LogP contribution is 2.65. The summed E-state index contributed by atoms with van der Waals surface area (Å²) in [5, 5.41) is 15.5. The third-order valence-electron chi connectivity index (χ3n) is 9.44. The number of piperidine rings is 1. The zero-order chi connectivity index (χ0) is 30.5. The van der Waals surface area contributed by atoms with Gasteiger partial charge in [0.1, 0.15) is 29.7 Å². The Bertz CT molecular complexity index is 1320. The fourth-order valence-electron chi connectivity index (χ4n) is 6.64. The summed E-state index contributed by atoms with van der Waals surface area (Å²) in [4.78, 5) is 56.4. The van der Waals surface area contributed by atoms with E-state index in [9.17, 15) is 28.8 Å². The van der Waals surface area contributed by atoms with Crippen LogP contribution in [0.4, 0.5) is 10.1 Å². The first-order valence-electron chi connectivity index (χ1n) is 14.5. The smallest absolute Gasteiger partial charge is 0.265 e. The molecule has 0 aromatic heterocycles. The van der Waals surface area contributed by atoms with Crippen molar-refractivity contribution >= 4 is 29.3 Å². The second-order valence-electron chi connectivity index (χ2n) is 12.7. The van der Waals surface area contributed by atoms with Crippen molar-refractivity contribution in [2.45, 2.75) is 64.8 Å². The summed E-state index contributed by atoms with van der Waals surface area (Å²) in [6, 6.07) is 3.21. The highest BCUT2D eigenvalue weighted by Gasteiger charge is 2.70. The number of nitrogens with zero attached hydrogens (tertiary/aromatic N) is 3. The third kappa shape index (κ3) is 5.30. The van der Waals surface area contributed by atoms with Crippen LogP contribution in [0, 0.1) is 46.2 Å². The average molecular weight is 584 g/mol. The largest absolute Gasteiger partial charge is 0.478 e. The Morgan fingerprint density at radius 2 is 2.05 bits per heavy atom. The fraction of sp³-hybridized carbons (Fsp3) is 0.633. The van der Waals surface area contributed by atoms with Crippen LogP contribution in [0.5, 0.6) is 5.75 Å². The fourth-order valence-corrected chi connectivity index (χ4v) is 6.64. The number of amides is 4. The standard InChI is InChI=1S/C30H38FN5O6/c1-15(2)24(34-26(37)16-8-9-41-14-16)28(39)36-13-19-23(30(19,3)4)25(36)29(40)35(5)18(12-32)11-22-27(38)33-20-10-17(31)6-7-21(20)42-22/h6-7,10,15-16,18-19,22-25H,8-9,11,13-14H2,1-5H3,(H,33,38)(H,34,37)/t16-,18+,19+,22+,23+,24+,25+/m1/s1. The summed E-state index contributed by atoms with van der Waals surface area (Å²) in [7, 11) is 1.49. The molecule has 5 rings (SSSR count). The number of hydrogen-bond donors (Lipinski definition) is 2. The number of halogens is 1. The number of carbonyl (C=O) groups is 4. The molecular formula is C30H38FN5O6. The van der Waals surface area contributed by atoms with Crippen LogP contribution in [0.25, 0.3) is 0 Å². The SMILES string of the molecule is CC(C)[C@H](NC(=O)[C@@H]1CCOC1)C(=O)N1C[C@H]2[C@@H]([C@H]1C(=O)N(C)[C@H](C#N)C[C@@H]1Oc3ccc(F)cc3NC1=O)C2(C)C. The first-order valence-corrected chi connectivity index (χ1v) is 14.5. The summed E-state index contributed by atoms with van der Waals surface area (Å²) in [5.74, 6) is -2.26. The van der Waals surface area contributed by atoms with E-state index < -0.39 is 41.9 Å². The lowest BCUT2D eigenvalue weighted by atomic mass is 9.96. The molecule has 4 aliphatic rings. The van der Waals surface area contributed by atoms with Gasteiger partial charge in [-0.15, -0.1) is 0 Å². The van der Waals surface area contributed by atoms with Crippen molar-refractivity contribution in [3.05, 3.63) is 24.0 Å². The Labute approximate surface area is 244 Å². The minimum Gasteiger partial charge on any atom is -0.478 e. The van der Waals surface area contributed by atoms with Crippen LogP contribution in [0.2, 0.25) is 0 Å². The van der Waals surface area contributed by atoms with Gasteiger partial charge in [-0.1, -0.05) is 27.7 Å². The average Bonchev–Trinajstić information content (AvgIpc) is 3.40. The molecule has 3 aliphatic heterocycles. The quantitative estimate of drug-likeness (QED) is 0.476. The van der Waals surface area contributed by atoms with Gasteiger partial charge in [0, 0.05) is 32.7 Å². The molecule has 0 unspecified atom stereocenters.